The molecule has 0 spiro atoms. The van der Waals surface area contributed by atoms with Gasteiger partial charge >= 0.3 is 5.97 Å². The summed E-state index contributed by atoms with van der Waals surface area (Å²) in [6, 6.07) is 5.60. The first-order chi connectivity index (χ1) is 9.63. The number of anilines is 2. The van der Waals surface area contributed by atoms with Crippen molar-refractivity contribution in [3.63, 3.8) is 0 Å². The minimum Gasteiger partial charge on any atom is -0.478 e. The van der Waals surface area contributed by atoms with E-state index in [1.807, 2.05) is 6.07 Å². The lowest BCUT2D eigenvalue weighted by Crippen LogP contribution is -2.35. The van der Waals surface area contributed by atoms with E-state index in [9.17, 15) is 4.79 Å². The monoisotopic (exact) mass is 276 g/mol. The summed E-state index contributed by atoms with van der Waals surface area (Å²) >= 11 is 0. The topological polar surface area (TPSA) is 66.6 Å². The minimum atomic E-state index is -0.930. The number of nitrogen functional groups attached to an aromatic ring is 1. The second kappa shape index (κ2) is 6.64. The van der Waals surface area contributed by atoms with E-state index in [0.717, 1.165) is 12.2 Å². The number of carboxylic acid groups (broad SMARTS) is 1. The van der Waals surface area contributed by atoms with Crippen LogP contribution in [0.25, 0.3) is 0 Å². The molecule has 1 saturated carbocycles. The molecule has 0 saturated heterocycles. The first-order valence-corrected chi connectivity index (χ1v) is 7.53. The van der Waals surface area contributed by atoms with Crippen LogP contribution in [-0.2, 0) is 0 Å². The highest BCUT2D eigenvalue weighted by Gasteiger charge is 2.21. The van der Waals surface area contributed by atoms with Crippen LogP contribution in [0.3, 0.4) is 0 Å². The Hall–Kier alpha value is -1.71. The summed E-state index contributed by atoms with van der Waals surface area (Å²) in [5.41, 5.74) is 7.87. The molecule has 0 heterocycles. The van der Waals surface area contributed by atoms with Crippen LogP contribution in [0.15, 0.2) is 18.2 Å². The standard InChI is InChI=1S/C16H24N2O2/c1-2-18(13-7-5-3-4-6-8-13)15-10-9-12(16(19)20)11-14(15)17/h9-11,13H,2-8,17H2,1H3,(H,19,20). The largest absolute Gasteiger partial charge is 0.478 e. The van der Waals surface area contributed by atoms with Crippen molar-refractivity contribution in [1.29, 1.82) is 0 Å². The van der Waals surface area contributed by atoms with Crippen molar-refractivity contribution < 1.29 is 9.90 Å². The van der Waals surface area contributed by atoms with Crippen molar-refractivity contribution in [1.82, 2.24) is 0 Å². The van der Waals surface area contributed by atoms with Gasteiger partial charge in [-0.25, -0.2) is 4.79 Å². The van der Waals surface area contributed by atoms with E-state index in [-0.39, 0.29) is 5.56 Å². The van der Waals surface area contributed by atoms with Gasteiger partial charge < -0.3 is 15.7 Å². The summed E-state index contributed by atoms with van der Waals surface area (Å²) in [5.74, 6) is -0.930. The molecular weight excluding hydrogens is 252 g/mol. The Kier molecular flexibility index (Phi) is 4.88. The molecule has 0 unspecified atom stereocenters. The van der Waals surface area contributed by atoms with Crippen molar-refractivity contribution in [2.24, 2.45) is 0 Å². The molecule has 3 N–H and O–H groups in total. The summed E-state index contributed by atoms with van der Waals surface area (Å²) in [5, 5.41) is 9.01. The number of benzene rings is 1. The van der Waals surface area contributed by atoms with Gasteiger partial charge in [0.15, 0.2) is 0 Å². The Labute approximate surface area is 120 Å². The number of carbonyl (C=O) groups is 1. The van der Waals surface area contributed by atoms with Crippen molar-refractivity contribution in [3.8, 4) is 0 Å². The molecule has 1 aliphatic carbocycles. The predicted molar refractivity (Wildman–Crippen MR) is 82.3 cm³/mol. The van der Waals surface area contributed by atoms with Crippen molar-refractivity contribution in [2.75, 3.05) is 17.2 Å². The van der Waals surface area contributed by atoms with E-state index in [1.165, 1.54) is 38.5 Å². The number of hydrogen-bond acceptors (Lipinski definition) is 3. The number of nitrogens with zero attached hydrogens (tertiary/aromatic N) is 1. The van der Waals surface area contributed by atoms with Crippen LogP contribution in [0.5, 0.6) is 0 Å². The quantitative estimate of drug-likeness (QED) is 0.652. The molecule has 20 heavy (non-hydrogen) atoms. The molecule has 4 nitrogen and oxygen atoms in total. The van der Waals surface area contributed by atoms with Gasteiger partial charge in [0.05, 0.1) is 16.9 Å². The molecule has 0 aromatic heterocycles. The average molecular weight is 276 g/mol. The van der Waals surface area contributed by atoms with Crippen LogP contribution in [0.2, 0.25) is 0 Å². The average Bonchev–Trinajstić information content (AvgIpc) is 2.70. The third-order valence-electron chi connectivity index (χ3n) is 4.19. The van der Waals surface area contributed by atoms with Gasteiger partial charge in [-0.2, -0.15) is 0 Å². The van der Waals surface area contributed by atoms with Gasteiger partial charge in [0, 0.05) is 12.6 Å². The van der Waals surface area contributed by atoms with Crippen LogP contribution >= 0.6 is 0 Å². The highest BCUT2D eigenvalue weighted by molar-refractivity contribution is 5.90. The van der Waals surface area contributed by atoms with Gasteiger partial charge in [-0.05, 0) is 38.0 Å². The van der Waals surface area contributed by atoms with Gasteiger partial charge in [-0.15, -0.1) is 0 Å². The SMILES string of the molecule is CCN(c1ccc(C(=O)O)cc1N)C1CCCCCC1. The fourth-order valence-electron chi connectivity index (χ4n) is 3.14. The summed E-state index contributed by atoms with van der Waals surface area (Å²) in [7, 11) is 0. The summed E-state index contributed by atoms with van der Waals surface area (Å²) in [6.07, 6.45) is 7.59. The fourth-order valence-corrected chi connectivity index (χ4v) is 3.14. The van der Waals surface area contributed by atoms with Crippen molar-refractivity contribution in [2.45, 2.75) is 51.5 Å². The lowest BCUT2D eigenvalue weighted by molar-refractivity contribution is 0.0697. The summed E-state index contributed by atoms with van der Waals surface area (Å²) in [4.78, 5) is 13.3. The van der Waals surface area contributed by atoms with E-state index >= 15 is 0 Å². The number of aromatic carboxylic acids is 1. The van der Waals surface area contributed by atoms with E-state index in [1.54, 1.807) is 12.1 Å². The van der Waals surface area contributed by atoms with Crippen molar-refractivity contribution in [3.05, 3.63) is 23.8 Å². The Balaban J connectivity index is 2.24. The smallest absolute Gasteiger partial charge is 0.335 e. The molecule has 4 heteroatoms. The predicted octanol–water partition coefficient (Wildman–Crippen LogP) is 3.52. The molecule has 0 bridgehead atoms. The maximum Gasteiger partial charge on any atom is 0.335 e. The first-order valence-electron chi connectivity index (χ1n) is 7.53. The molecule has 0 aliphatic heterocycles. The molecule has 2 rings (SSSR count). The van der Waals surface area contributed by atoms with Crippen LogP contribution in [0.1, 0.15) is 55.8 Å². The zero-order valence-electron chi connectivity index (χ0n) is 12.1. The normalized spacial score (nSPS) is 16.6. The van der Waals surface area contributed by atoms with E-state index in [4.69, 9.17) is 10.8 Å². The maximum atomic E-state index is 11.0. The maximum absolute atomic E-state index is 11.0. The first kappa shape index (κ1) is 14.7. The van der Waals surface area contributed by atoms with Crippen LogP contribution in [-0.4, -0.2) is 23.7 Å². The van der Waals surface area contributed by atoms with Crippen LogP contribution < -0.4 is 10.6 Å². The molecule has 1 fully saturated rings. The molecular formula is C16H24N2O2. The van der Waals surface area contributed by atoms with E-state index < -0.39 is 5.97 Å². The van der Waals surface area contributed by atoms with Gasteiger partial charge in [-0.3, -0.25) is 0 Å². The lowest BCUT2D eigenvalue weighted by Gasteiger charge is -2.33. The van der Waals surface area contributed by atoms with Gasteiger partial charge in [0.1, 0.15) is 0 Å². The second-order valence-corrected chi connectivity index (χ2v) is 5.51. The molecule has 0 radical (unpaired) electrons. The number of hydrogen-bond donors (Lipinski definition) is 2. The number of nitrogens with two attached hydrogens (primary N) is 1. The molecule has 1 aromatic carbocycles. The minimum absolute atomic E-state index is 0.253. The fraction of sp³-hybridized carbons (Fsp3) is 0.562. The van der Waals surface area contributed by atoms with Crippen LogP contribution in [0.4, 0.5) is 11.4 Å². The molecule has 1 aromatic rings. The summed E-state index contributed by atoms with van der Waals surface area (Å²) in [6.45, 7) is 3.04. The van der Waals surface area contributed by atoms with Gasteiger partial charge in [-0.1, -0.05) is 25.7 Å². The summed E-state index contributed by atoms with van der Waals surface area (Å²) < 4.78 is 0. The Morgan fingerprint density at radius 1 is 1.30 bits per heavy atom. The van der Waals surface area contributed by atoms with Gasteiger partial charge in [0.2, 0.25) is 0 Å². The number of rotatable bonds is 4. The zero-order chi connectivity index (χ0) is 14.5. The molecule has 0 atom stereocenters. The van der Waals surface area contributed by atoms with E-state index in [0.29, 0.717) is 11.7 Å². The van der Waals surface area contributed by atoms with Gasteiger partial charge in [0.25, 0.3) is 0 Å². The highest BCUT2D eigenvalue weighted by atomic mass is 16.4. The third kappa shape index (κ3) is 3.24. The van der Waals surface area contributed by atoms with Crippen LogP contribution in [0, 0.1) is 0 Å². The Bertz CT molecular complexity index is 466. The Morgan fingerprint density at radius 2 is 1.95 bits per heavy atom. The Morgan fingerprint density at radius 3 is 2.45 bits per heavy atom. The third-order valence-corrected chi connectivity index (χ3v) is 4.19. The molecule has 0 amide bonds. The van der Waals surface area contributed by atoms with E-state index in [2.05, 4.69) is 11.8 Å². The number of carboxylic acids is 1. The highest BCUT2D eigenvalue weighted by Crippen LogP contribution is 2.31. The molecule has 1 aliphatic rings. The lowest BCUT2D eigenvalue weighted by atomic mass is 10.0. The zero-order valence-corrected chi connectivity index (χ0v) is 12.1. The van der Waals surface area contributed by atoms with Crippen molar-refractivity contribution >= 4 is 17.3 Å². The second-order valence-electron chi connectivity index (χ2n) is 5.51. The molecule has 110 valence electrons.